The lowest BCUT2D eigenvalue weighted by Crippen LogP contribution is -2.44. The lowest BCUT2D eigenvalue weighted by Gasteiger charge is -2.20. The molecule has 0 spiro atoms. The van der Waals surface area contributed by atoms with E-state index in [4.69, 9.17) is 15.7 Å². The van der Waals surface area contributed by atoms with Crippen LogP contribution in [0.2, 0.25) is 0 Å². The molecule has 0 radical (unpaired) electrons. The first-order chi connectivity index (χ1) is 10.0. The van der Waals surface area contributed by atoms with Gasteiger partial charge in [-0.25, -0.2) is 19.3 Å². The van der Waals surface area contributed by atoms with Crippen LogP contribution in [0, 0.1) is 11.3 Å². The van der Waals surface area contributed by atoms with Gasteiger partial charge in [0, 0.05) is 0 Å². The summed E-state index contributed by atoms with van der Waals surface area (Å²) >= 11 is 0. The van der Waals surface area contributed by atoms with Crippen molar-refractivity contribution in [3.8, 4) is 6.07 Å². The van der Waals surface area contributed by atoms with Crippen LogP contribution in [0.1, 0.15) is 6.23 Å². The smallest absolute Gasteiger partial charge is 0.208 e. The van der Waals surface area contributed by atoms with Gasteiger partial charge in [0.2, 0.25) is 5.60 Å². The SMILES string of the molecule is N#CC1(CO)OC(n2cnc3c(N)ncnc32)C(F)C1O. The minimum absolute atomic E-state index is 0.112. The molecule has 3 heterocycles. The van der Waals surface area contributed by atoms with Crippen molar-refractivity contribution in [3.05, 3.63) is 12.7 Å². The number of hydrogen-bond acceptors (Lipinski definition) is 8. The molecule has 2 aromatic rings. The topological polar surface area (TPSA) is 143 Å². The molecule has 10 heteroatoms. The van der Waals surface area contributed by atoms with Crippen molar-refractivity contribution in [2.45, 2.75) is 24.1 Å². The molecular weight excluding hydrogens is 283 g/mol. The number of anilines is 1. The van der Waals surface area contributed by atoms with Crippen molar-refractivity contribution < 1.29 is 19.3 Å². The fourth-order valence-corrected chi connectivity index (χ4v) is 2.29. The third-order valence-corrected chi connectivity index (χ3v) is 3.47. The normalized spacial score (nSPS) is 32.4. The minimum Gasteiger partial charge on any atom is -0.392 e. The fourth-order valence-electron chi connectivity index (χ4n) is 2.29. The number of nitrogens with two attached hydrogens (primary N) is 1. The van der Waals surface area contributed by atoms with Gasteiger partial charge < -0.3 is 20.7 Å². The third kappa shape index (κ3) is 1.75. The Morgan fingerprint density at radius 1 is 1.52 bits per heavy atom. The highest BCUT2D eigenvalue weighted by molar-refractivity contribution is 5.81. The third-order valence-electron chi connectivity index (χ3n) is 3.47. The van der Waals surface area contributed by atoms with Crippen LogP contribution < -0.4 is 5.73 Å². The molecule has 0 bridgehead atoms. The summed E-state index contributed by atoms with van der Waals surface area (Å²) in [5.74, 6) is 0.112. The molecule has 0 aromatic carbocycles. The first-order valence-corrected chi connectivity index (χ1v) is 5.99. The largest absolute Gasteiger partial charge is 0.392 e. The van der Waals surface area contributed by atoms with Crippen molar-refractivity contribution in [1.29, 1.82) is 5.26 Å². The van der Waals surface area contributed by atoms with Crippen LogP contribution >= 0.6 is 0 Å². The second-order valence-electron chi connectivity index (χ2n) is 4.64. The summed E-state index contributed by atoms with van der Waals surface area (Å²) in [6.45, 7) is -0.842. The van der Waals surface area contributed by atoms with E-state index in [0.29, 0.717) is 0 Å². The highest BCUT2D eigenvalue weighted by Crippen LogP contribution is 2.39. The maximum atomic E-state index is 14.3. The summed E-state index contributed by atoms with van der Waals surface area (Å²) in [5.41, 5.74) is 4.06. The van der Waals surface area contributed by atoms with Crippen LogP contribution in [0.5, 0.6) is 0 Å². The summed E-state index contributed by atoms with van der Waals surface area (Å²) in [5, 5.41) is 28.1. The Kier molecular flexibility index (Phi) is 2.98. The van der Waals surface area contributed by atoms with E-state index < -0.39 is 30.7 Å². The number of imidazole rings is 1. The first-order valence-electron chi connectivity index (χ1n) is 5.99. The molecule has 1 aliphatic rings. The second kappa shape index (κ2) is 4.59. The summed E-state index contributed by atoms with van der Waals surface area (Å²) < 4.78 is 20.7. The zero-order valence-corrected chi connectivity index (χ0v) is 10.6. The van der Waals surface area contributed by atoms with Crippen molar-refractivity contribution in [2.24, 2.45) is 0 Å². The van der Waals surface area contributed by atoms with Gasteiger partial charge in [0.25, 0.3) is 0 Å². The monoisotopic (exact) mass is 294 g/mol. The van der Waals surface area contributed by atoms with E-state index in [9.17, 15) is 14.6 Å². The van der Waals surface area contributed by atoms with Gasteiger partial charge in [-0.15, -0.1) is 0 Å². The first kappa shape index (κ1) is 13.6. The van der Waals surface area contributed by atoms with Crippen molar-refractivity contribution in [3.63, 3.8) is 0 Å². The molecule has 4 unspecified atom stereocenters. The highest BCUT2D eigenvalue weighted by atomic mass is 19.1. The average molecular weight is 294 g/mol. The maximum Gasteiger partial charge on any atom is 0.208 e. The second-order valence-corrected chi connectivity index (χ2v) is 4.64. The minimum atomic E-state index is -2.03. The zero-order chi connectivity index (χ0) is 15.2. The predicted molar refractivity (Wildman–Crippen MR) is 66.2 cm³/mol. The summed E-state index contributed by atoms with van der Waals surface area (Å²) in [7, 11) is 0. The molecule has 1 saturated heterocycles. The molecule has 4 atom stereocenters. The molecule has 110 valence electrons. The van der Waals surface area contributed by atoms with E-state index >= 15 is 0 Å². The lowest BCUT2D eigenvalue weighted by molar-refractivity contribution is -0.0912. The quantitative estimate of drug-likeness (QED) is 0.632. The van der Waals surface area contributed by atoms with Gasteiger partial charge in [-0.2, -0.15) is 5.26 Å². The van der Waals surface area contributed by atoms with E-state index in [1.165, 1.54) is 17.2 Å². The number of alkyl halides is 1. The maximum absolute atomic E-state index is 14.3. The Labute approximate surface area is 117 Å². The number of aliphatic hydroxyl groups excluding tert-OH is 2. The van der Waals surface area contributed by atoms with E-state index in [2.05, 4.69) is 15.0 Å². The number of nitrogens with zero attached hydrogens (tertiary/aromatic N) is 5. The van der Waals surface area contributed by atoms with E-state index in [-0.39, 0.29) is 17.0 Å². The summed E-state index contributed by atoms with van der Waals surface area (Å²) in [6.07, 6.45) is -2.69. The molecule has 1 fully saturated rings. The van der Waals surface area contributed by atoms with Gasteiger partial charge in [-0.05, 0) is 0 Å². The van der Waals surface area contributed by atoms with Crippen LogP contribution in [-0.4, -0.2) is 54.2 Å². The number of halogens is 1. The van der Waals surface area contributed by atoms with Gasteiger partial charge in [0.15, 0.2) is 23.9 Å². The summed E-state index contributed by atoms with van der Waals surface area (Å²) in [4.78, 5) is 11.7. The molecule has 21 heavy (non-hydrogen) atoms. The van der Waals surface area contributed by atoms with Crippen LogP contribution in [0.25, 0.3) is 11.2 Å². The number of aliphatic hydroxyl groups is 2. The van der Waals surface area contributed by atoms with Gasteiger partial charge in [0.05, 0.1) is 12.9 Å². The lowest BCUT2D eigenvalue weighted by atomic mass is 9.99. The molecular formula is C11H11FN6O3. The Hall–Kier alpha value is -2.35. The summed E-state index contributed by atoms with van der Waals surface area (Å²) in [6, 6.07) is 1.61. The van der Waals surface area contributed by atoms with Crippen molar-refractivity contribution in [1.82, 2.24) is 19.5 Å². The van der Waals surface area contributed by atoms with Gasteiger partial charge in [-0.1, -0.05) is 0 Å². The molecule has 4 N–H and O–H groups in total. The number of nitrogen functional groups attached to an aromatic ring is 1. The van der Waals surface area contributed by atoms with Crippen LogP contribution in [0.4, 0.5) is 10.2 Å². The van der Waals surface area contributed by atoms with E-state index in [0.717, 1.165) is 0 Å². The van der Waals surface area contributed by atoms with E-state index in [1.54, 1.807) is 6.07 Å². The number of fused-ring (bicyclic) bond motifs is 1. The number of rotatable bonds is 2. The van der Waals surface area contributed by atoms with Crippen molar-refractivity contribution in [2.75, 3.05) is 12.3 Å². The fraction of sp³-hybridized carbons (Fsp3) is 0.455. The van der Waals surface area contributed by atoms with E-state index in [1.807, 2.05) is 0 Å². The molecule has 2 aromatic heterocycles. The number of aromatic nitrogens is 4. The van der Waals surface area contributed by atoms with Gasteiger partial charge in [-0.3, -0.25) is 4.57 Å². The molecule has 9 nitrogen and oxygen atoms in total. The Bertz CT molecular complexity index is 730. The number of ether oxygens (including phenoxy) is 1. The Balaban J connectivity index is 2.08. The van der Waals surface area contributed by atoms with Gasteiger partial charge >= 0.3 is 0 Å². The zero-order valence-electron chi connectivity index (χ0n) is 10.6. The molecule has 0 aliphatic carbocycles. The Morgan fingerprint density at radius 3 is 2.90 bits per heavy atom. The van der Waals surface area contributed by atoms with Crippen molar-refractivity contribution >= 4 is 17.0 Å². The Morgan fingerprint density at radius 2 is 2.29 bits per heavy atom. The molecule has 1 aliphatic heterocycles. The van der Waals surface area contributed by atoms with Crippen LogP contribution in [-0.2, 0) is 4.74 Å². The number of nitriles is 1. The highest BCUT2D eigenvalue weighted by Gasteiger charge is 2.56. The standard InChI is InChI=1S/C11H11FN6O3/c12-5-7(20)11(1-13,2-19)21-10(5)18-4-17-6-8(14)15-3-16-9(6)18/h3-5,7,10,19-20H,2H2,(H2,14,15,16). The van der Waals surface area contributed by atoms with Gasteiger partial charge in [0.1, 0.15) is 24.0 Å². The van der Waals surface area contributed by atoms with Crippen LogP contribution in [0.15, 0.2) is 12.7 Å². The average Bonchev–Trinajstić information content (AvgIpc) is 3.02. The molecule has 0 saturated carbocycles. The molecule has 3 rings (SSSR count). The molecule has 0 amide bonds. The predicted octanol–water partition coefficient (Wildman–Crippen LogP) is -1.11. The number of hydrogen-bond donors (Lipinski definition) is 3. The van der Waals surface area contributed by atoms with Crippen LogP contribution in [0.3, 0.4) is 0 Å².